The first-order valence-corrected chi connectivity index (χ1v) is 11.5. The number of carbonyl (C=O) groups is 1. The molecule has 3 heterocycles. The van der Waals surface area contributed by atoms with E-state index >= 15 is 0 Å². The van der Waals surface area contributed by atoms with E-state index in [2.05, 4.69) is 26.3 Å². The van der Waals surface area contributed by atoms with Crippen LogP contribution in [0.25, 0.3) is 0 Å². The van der Waals surface area contributed by atoms with Gasteiger partial charge in [0.05, 0.1) is 19.3 Å². The number of hydrogen-bond donors (Lipinski definition) is 1. The molecule has 4 aromatic rings. The number of anilines is 2. The zero-order valence-electron chi connectivity index (χ0n) is 19.6. The molecule has 9 heteroatoms. The van der Waals surface area contributed by atoms with Crippen molar-refractivity contribution in [3.8, 4) is 11.6 Å². The maximum Gasteiger partial charge on any atom is 0.258 e. The molecule has 36 heavy (non-hydrogen) atoms. The number of para-hydroxylation sites is 1. The Kier molecular flexibility index (Phi) is 6.70. The van der Waals surface area contributed by atoms with Crippen molar-refractivity contribution in [3.05, 3.63) is 101 Å². The predicted octanol–water partition coefficient (Wildman–Crippen LogP) is 4.22. The zero-order valence-corrected chi connectivity index (χ0v) is 19.6. The lowest BCUT2D eigenvalue weighted by Crippen LogP contribution is -2.25. The number of nitrogens with zero attached hydrogens (tertiary/aromatic N) is 4. The van der Waals surface area contributed by atoms with Crippen molar-refractivity contribution in [2.45, 2.75) is 19.6 Å². The van der Waals surface area contributed by atoms with Gasteiger partial charge in [-0.25, -0.2) is 9.37 Å². The zero-order chi connectivity index (χ0) is 24.9. The summed E-state index contributed by atoms with van der Waals surface area (Å²) in [4.78, 5) is 28.3. The van der Waals surface area contributed by atoms with Crippen LogP contribution in [-0.2, 0) is 19.6 Å². The smallest absolute Gasteiger partial charge is 0.258 e. The number of fused-ring (bicyclic) bond motifs is 1. The van der Waals surface area contributed by atoms with Crippen molar-refractivity contribution in [1.29, 1.82) is 0 Å². The van der Waals surface area contributed by atoms with Gasteiger partial charge in [0.25, 0.3) is 5.91 Å². The summed E-state index contributed by atoms with van der Waals surface area (Å²) in [5, 5.41) is 2.83. The fourth-order valence-electron chi connectivity index (χ4n) is 4.02. The standard InChI is InChI=1S/C27H24FN5O3/c1-35-24-10-9-18(14-22(24)28)17-36-26-21(25(34)30-15-20-7-4-5-12-29-20)16-31-27(32-26)33-13-11-19-6-2-3-8-23(19)33/h2-10,12,14,16H,11,13,15,17H2,1H3,(H,30,34). The minimum Gasteiger partial charge on any atom is -0.494 e. The summed E-state index contributed by atoms with van der Waals surface area (Å²) in [6, 6.07) is 18.1. The Balaban J connectivity index is 1.41. The molecule has 1 aliphatic rings. The van der Waals surface area contributed by atoms with E-state index in [-0.39, 0.29) is 30.3 Å². The number of carbonyl (C=O) groups excluding carboxylic acids is 1. The first kappa shape index (κ1) is 23.2. The molecule has 0 bridgehead atoms. The summed E-state index contributed by atoms with van der Waals surface area (Å²) >= 11 is 0. The highest BCUT2D eigenvalue weighted by Crippen LogP contribution is 2.33. The van der Waals surface area contributed by atoms with Gasteiger partial charge in [-0.05, 0) is 47.9 Å². The van der Waals surface area contributed by atoms with Crippen molar-refractivity contribution in [1.82, 2.24) is 20.3 Å². The molecular formula is C27H24FN5O3. The Morgan fingerprint density at radius 1 is 1.11 bits per heavy atom. The number of hydrogen-bond acceptors (Lipinski definition) is 7. The van der Waals surface area contributed by atoms with Crippen LogP contribution in [0.4, 0.5) is 16.0 Å². The van der Waals surface area contributed by atoms with Crippen LogP contribution in [0.2, 0.25) is 0 Å². The topological polar surface area (TPSA) is 89.5 Å². The maximum absolute atomic E-state index is 14.2. The largest absolute Gasteiger partial charge is 0.494 e. The number of rotatable bonds is 8. The van der Waals surface area contributed by atoms with Crippen LogP contribution in [0.3, 0.4) is 0 Å². The van der Waals surface area contributed by atoms with Crippen LogP contribution in [0.15, 0.2) is 73.1 Å². The van der Waals surface area contributed by atoms with Gasteiger partial charge in [0.1, 0.15) is 12.2 Å². The molecule has 0 fully saturated rings. The van der Waals surface area contributed by atoms with Crippen LogP contribution >= 0.6 is 0 Å². The van der Waals surface area contributed by atoms with Gasteiger partial charge >= 0.3 is 0 Å². The number of amides is 1. The molecule has 0 aliphatic carbocycles. The Morgan fingerprint density at radius 2 is 1.97 bits per heavy atom. The van der Waals surface area contributed by atoms with E-state index in [9.17, 15) is 9.18 Å². The Hall–Kier alpha value is -4.53. The number of nitrogens with one attached hydrogen (secondary N) is 1. The molecule has 5 rings (SSSR count). The van der Waals surface area contributed by atoms with Crippen LogP contribution < -0.4 is 19.7 Å². The molecule has 0 saturated carbocycles. The van der Waals surface area contributed by atoms with Gasteiger partial charge in [0, 0.05) is 24.6 Å². The molecule has 0 unspecified atom stereocenters. The maximum atomic E-state index is 14.2. The van der Waals surface area contributed by atoms with E-state index in [1.54, 1.807) is 12.3 Å². The number of methoxy groups -OCH3 is 1. The Labute approximate surface area is 207 Å². The van der Waals surface area contributed by atoms with Crippen molar-refractivity contribution in [2.24, 2.45) is 0 Å². The third-order valence-corrected chi connectivity index (χ3v) is 5.86. The minimum absolute atomic E-state index is 0.00841. The molecule has 0 saturated heterocycles. The van der Waals surface area contributed by atoms with Crippen molar-refractivity contribution in [3.63, 3.8) is 0 Å². The highest BCUT2D eigenvalue weighted by molar-refractivity contribution is 5.96. The molecule has 1 N–H and O–H groups in total. The lowest BCUT2D eigenvalue weighted by molar-refractivity contribution is 0.0944. The first-order chi connectivity index (χ1) is 17.6. The van der Waals surface area contributed by atoms with Gasteiger partial charge in [-0.2, -0.15) is 4.98 Å². The van der Waals surface area contributed by atoms with E-state index in [4.69, 9.17) is 9.47 Å². The summed E-state index contributed by atoms with van der Waals surface area (Å²) in [6.07, 6.45) is 3.99. The monoisotopic (exact) mass is 485 g/mol. The normalized spacial score (nSPS) is 12.2. The van der Waals surface area contributed by atoms with Crippen LogP contribution in [0, 0.1) is 5.82 Å². The fraction of sp³-hybridized carbons (Fsp3) is 0.185. The molecular weight excluding hydrogens is 461 g/mol. The van der Waals surface area contributed by atoms with Crippen LogP contribution in [0.5, 0.6) is 11.6 Å². The number of halogens is 1. The van der Waals surface area contributed by atoms with Gasteiger partial charge in [-0.15, -0.1) is 0 Å². The highest BCUT2D eigenvalue weighted by atomic mass is 19.1. The number of aromatic nitrogens is 3. The average Bonchev–Trinajstić information content (AvgIpc) is 3.35. The molecule has 0 radical (unpaired) electrons. The van der Waals surface area contributed by atoms with E-state index in [1.807, 2.05) is 41.3 Å². The lowest BCUT2D eigenvalue weighted by atomic mass is 10.2. The molecule has 0 atom stereocenters. The molecule has 2 aromatic carbocycles. The van der Waals surface area contributed by atoms with Gasteiger partial charge in [0.2, 0.25) is 11.8 Å². The Morgan fingerprint density at radius 3 is 2.78 bits per heavy atom. The second-order valence-electron chi connectivity index (χ2n) is 8.18. The van der Waals surface area contributed by atoms with E-state index < -0.39 is 11.7 Å². The third kappa shape index (κ3) is 4.95. The molecule has 1 aliphatic heterocycles. The van der Waals surface area contributed by atoms with E-state index in [1.165, 1.54) is 31.0 Å². The van der Waals surface area contributed by atoms with Crippen LogP contribution in [-0.4, -0.2) is 34.5 Å². The molecule has 1 amide bonds. The molecule has 2 aromatic heterocycles. The van der Waals surface area contributed by atoms with Gasteiger partial charge in [-0.1, -0.05) is 30.3 Å². The predicted molar refractivity (Wildman–Crippen MR) is 132 cm³/mol. The van der Waals surface area contributed by atoms with Gasteiger partial charge < -0.3 is 19.7 Å². The summed E-state index contributed by atoms with van der Waals surface area (Å²) in [6.45, 7) is 0.965. The van der Waals surface area contributed by atoms with Gasteiger partial charge in [-0.3, -0.25) is 9.78 Å². The van der Waals surface area contributed by atoms with E-state index in [0.717, 1.165) is 12.1 Å². The summed E-state index contributed by atoms with van der Waals surface area (Å²) in [5.41, 5.74) is 3.69. The molecule has 0 spiro atoms. The quantitative estimate of drug-likeness (QED) is 0.400. The number of pyridine rings is 1. The third-order valence-electron chi connectivity index (χ3n) is 5.86. The van der Waals surface area contributed by atoms with Gasteiger partial charge in [0.15, 0.2) is 11.6 Å². The van der Waals surface area contributed by atoms with Crippen molar-refractivity contribution >= 4 is 17.5 Å². The summed E-state index contributed by atoms with van der Waals surface area (Å²) in [7, 11) is 1.41. The molecule has 8 nitrogen and oxygen atoms in total. The van der Waals surface area contributed by atoms with Crippen LogP contribution in [0.1, 0.15) is 27.2 Å². The van der Waals surface area contributed by atoms with E-state index in [0.29, 0.717) is 23.8 Å². The molecule has 182 valence electrons. The minimum atomic E-state index is -0.496. The summed E-state index contributed by atoms with van der Waals surface area (Å²) in [5.74, 6) is -0.212. The number of ether oxygens (including phenoxy) is 2. The van der Waals surface area contributed by atoms with Crippen molar-refractivity contribution < 1.29 is 18.7 Å². The number of benzene rings is 2. The second-order valence-corrected chi connectivity index (χ2v) is 8.18. The SMILES string of the molecule is COc1ccc(COc2nc(N3CCc4ccccc43)ncc2C(=O)NCc2ccccn2)cc1F. The summed E-state index contributed by atoms with van der Waals surface area (Å²) < 4.78 is 25.1. The lowest BCUT2D eigenvalue weighted by Gasteiger charge is -2.19. The fourth-order valence-corrected chi connectivity index (χ4v) is 4.02. The van der Waals surface area contributed by atoms with Crippen molar-refractivity contribution in [2.75, 3.05) is 18.6 Å². The Bertz CT molecular complexity index is 1380. The average molecular weight is 486 g/mol. The first-order valence-electron chi connectivity index (χ1n) is 11.5. The highest BCUT2D eigenvalue weighted by Gasteiger charge is 2.24. The second kappa shape index (κ2) is 10.4.